The van der Waals surface area contributed by atoms with E-state index in [1.54, 1.807) is 0 Å². The third-order valence-corrected chi connectivity index (χ3v) is 4.89. The number of ether oxygens (including phenoxy) is 1. The van der Waals surface area contributed by atoms with E-state index in [9.17, 15) is 5.11 Å². The zero-order valence-corrected chi connectivity index (χ0v) is 16.7. The first-order valence-electron chi connectivity index (χ1n) is 9.51. The van der Waals surface area contributed by atoms with Gasteiger partial charge in [-0.2, -0.15) is 0 Å². The van der Waals surface area contributed by atoms with E-state index in [4.69, 9.17) is 4.74 Å². The second-order valence-electron chi connectivity index (χ2n) is 8.15. The number of hydrogen-bond acceptors (Lipinski definition) is 3. The first-order chi connectivity index (χ1) is 12.8. The van der Waals surface area contributed by atoms with Gasteiger partial charge in [0.2, 0.25) is 0 Å². The summed E-state index contributed by atoms with van der Waals surface area (Å²) < 4.78 is 5.99. The fraction of sp³-hybridized carbons (Fsp3) is 0.391. The third-order valence-electron chi connectivity index (χ3n) is 4.89. The minimum atomic E-state index is -0.567. The summed E-state index contributed by atoms with van der Waals surface area (Å²) in [6.07, 6.45) is 1.41. The maximum Gasteiger partial charge on any atom is 0.129 e. The van der Waals surface area contributed by atoms with Gasteiger partial charge in [-0.3, -0.25) is 4.90 Å². The standard InChI is InChI=1S/C23H30N2O2/c1-17-13-24-20-11-8-12-21(22(17)20)27-16-19(26)15-25(23(2,3)4)14-18-9-6-5-7-10-18/h5-13,19,24,26H,14-16H2,1-4H3. The van der Waals surface area contributed by atoms with Gasteiger partial charge >= 0.3 is 0 Å². The van der Waals surface area contributed by atoms with Crippen molar-refractivity contribution in [1.29, 1.82) is 0 Å². The van der Waals surface area contributed by atoms with E-state index in [2.05, 4.69) is 61.8 Å². The lowest BCUT2D eigenvalue weighted by Gasteiger charge is -2.37. The molecular formula is C23H30N2O2. The predicted octanol–water partition coefficient (Wildman–Crippen LogP) is 4.52. The van der Waals surface area contributed by atoms with Crippen LogP contribution in [0.2, 0.25) is 0 Å². The van der Waals surface area contributed by atoms with Crippen LogP contribution in [0, 0.1) is 6.92 Å². The van der Waals surface area contributed by atoms with Crippen molar-refractivity contribution in [2.75, 3.05) is 13.2 Å². The van der Waals surface area contributed by atoms with Crippen LogP contribution in [0.15, 0.2) is 54.7 Å². The Morgan fingerprint density at radius 2 is 1.81 bits per heavy atom. The van der Waals surface area contributed by atoms with Crippen LogP contribution >= 0.6 is 0 Å². The fourth-order valence-corrected chi connectivity index (χ4v) is 3.31. The molecule has 1 heterocycles. The summed E-state index contributed by atoms with van der Waals surface area (Å²) in [6.45, 7) is 10.2. The lowest BCUT2D eigenvalue weighted by molar-refractivity contribution is 0.0288. The fourth-order valence-electron chi connectivity index (χ4n) is 3.31. The number of aromatic nitrogens is 1. The summed E-state index contributed by atoms with van der Waals surface area (Å²) in [7, 11) is 0. The van der Waals surface area contributed by atoms with Crippen LogP contribution in [0.3, 0.4) is 0 Å². The van der Waals surface area contributed by atoms with Gasteiger partial charge in [-0.1, -0.05) is 36.4 Å². The SMILES string of the molecule is Cc1c[nH]c2cccc(OCC(O)CN(Cc3ccccc3)C(C)(C)C)c12. The Morgan fingerprint density at radius 3 is 2.52 bits per heavy atom. The number of aromatic amines is 1. The second kappa shape index (κ2) is 8.15. The molecule has 0 saturated carbocycles. The molecule has 0 bridgehead atoms. The first-order valence-corrected chi connectivity index (χ1v) is 9.51. The third kappa shape index (κ3) is 4.90. The average Bonchev–Trinajstić information content (AvgIpc) is 3.01. The second-order valence-corrected chi connectivity index (χ2v) is 8.15. The number of aliphatic hydroxyl groups excluding tert-OH is 1. The molecule has 2 aromatic carbocycles. The Labute approximate surface area is 161 Å². The summed E-state index contributed by atoms with van der Waals surface area (Å²) in [5, 5.41) is 11.7. The van der Waals surface area contributed by atoms with Gasteiger partial charge in [0, 0.05) is 35.7 Å². The summed E-state index contributed by atoms with van der Waals surface area (Å²) in [5.74, 6) is 0.815. The Balaban J connectivity index is 1.65. The van der Waals surface area contributed by atoms with Gasteiger partial charge in [0.15, 0.2) is 0 Å². The molecule has 3 aromatic rings. The molecule has 144 valence electrons. The lowest BCUT2D eigenvalue weighted by atomic mass is 10.0. The number of nitrogens with zero attached hydrogens (tertiary/aromatic N) is 1. The van der Waals surface area contributed by atoms with Crippen molar-refractivity contribution in [2.24, 2.45) is 0 Å². The van der Waals surface area contributed by atoms with Crippen LogP contribution < -0.4 is 4.74 Å². The van der Waals surface area contributed by atoms with Crippen molar-refractivity contribution in [3.8, 4) is 5.75 Å². The minimum Gasteiger partial charge on any atom is -0.490 e. The van der Waals surface area contributed by atoms with Crippen molar-refractivity contribution in [3.05, 3.63) is 65.9 Å². The number of hydrogen-bond donors (Lipinski definition) is 2. The van der Waals surface area contributed by atoms with E-state index in [1.807, 2.05) is 30.5 Å². The van der Waals surface area contributed by atoms with Crippen LogP contribution in [-0.2, 0) is 6.54 Å². The van der Waals surface area contributed by atoms with E-state index < -0.39 is 6.10 Å². The van der Waals surface area contributed by atoms with Gasteiger partial charge < -0.3 is 14.8 Å². The summed E-state index contributed by atoms with van der Waals surface area (Å²) in [4.78, 5) is 5.53. The van der Waals surface area contributed by atoms with Crippen molar-refractivity contribution in [3.63, 3.8) is 0 Å². The molecule has 4 nitrogen and oxygen atoms in total. The lowest BCUT2D eigenvalue weighted by Crippen LogP contribution is -2.46. The molecule has 0 amide bonds. The highest BCUT2D eigenvalue weighted by Crippen LogP contribution is 2.28. The normalized spacial score (nSPS) is 13.3. The van der Waals surface area contributed by atoms with Crippen molar-refractivity contribution in [1.82, 2.24) is 9.88 Å². The monoisotopic (exact) mass is 366 g/mol. The maximum atomic E-state index is 10.6. The molecular weight excluding hydrogens is 336 g/mol. The Hall–Kier alpha value is -2.30. The van der Waals surface area contributed by atoms with E-state index >= 15 is 0 Å². The number of β-amino-alcohol motifs (C(OH)–C–C–N with tert-alkyl or cyclic N) is 1. The highest BCUT2D eigenvalue weighted by Gasteiger charge is 2.24. The van der Waals surface area contributed by atoms with Gasteiger partial charge in [0.25, 0.3) is 0 Å². The zero-order valence-electron chi connectivity index (χ0n) is 16.7. The Bertz CT molecular complexity index is 865. The number of H-pyrrole nitrogens is 1. The van der Waals surface area contributed by atoms with Crippen molar-refractivity contribution < 1.29 is 9.84 Å². The van der Waals surface area contributed by atoms with Gasteiger partial charge in [-0.25, -0.2) is 0 Å². The average molecular weight is 367 g/mol. The van der Waals surface area contributed by atoms with Crippen LogP contribution in [-0.4, -0.2) is 39.8 Å². The summed E-state index contributed by atoms with van der Waals surface area (Å²) in [6, 6.07) is 16.3. The number of fused-ring (bicyclic) bond motifs is 1. The smallest absolute Gasteiger partial charge is 0.129 e. The van der Waals surface area contributed by atoms with E-state index in [-0.39, 0.29) is 12.1 Å². The Morgan fingerprint density at radius 1 is 1.07 bits per heavy atom. The number of aryl methyl sites for hydroxylation is 1. The van der Waals surface area contributed by atoms with E-state index in [0.717, 1.165) is 28.8 Å². The molecule has 1 atom stereocenters. The molecule has 0 aliphatic heterocycles. The largest absolute Gasteiger partial charge is 0.490 e. The van der Waals surface area contributed by atoms with Crippen LogP contribution in [0.5, 0.6) is 5.75 Å². The van der Waals surface area contributed by atoms with Crippen LogP contribution in [0.25, 0.3) is 10.9 Å². The predicted molar refractivity (Wildman–Crippen MR) is 111 cm³/mol. The Kier molecular flexibility index (Phi) is 5.88. The van der Waals surface area contributed by atoms with E-state index in [0.29, 0.717) is 6.54 Å². The number of aliphatic hydroxyl groups is 1. The highest BCUT2D eigenvalue weighted by molar-refractivity contribution is 5.89. The number of nitrogens with one attached hydrogen (secondary N) is 1. The van der Waals surface area contributed by atoms with Gasteiger partial charge in [-0.05, 0) is 51.0 Å². The highest BCUT2D eigenvalue weighted by atomic mass is 16.5. The van der Waals surface area contributed by atoms with Gasteiger partial charge in [0.05, 0.1) is 0 Å². The zero-order chi connectivity index (χ0) is 19.4. The van der Waals surface area contributed by atoms with Gasteiger partial charge in [0.1, 0.15) is 18.5 Å². The van der Waals surface area contributed by atoms with Crippen molar-refractivity contribution >= 4 is 10.9 Å². The van der Waals surface area contributed by atoms with E-state index in [1.165, 1.54) is 5.56 Å². The van der Waals surface area contributed by atoms with Crippen LogP contribution in [0.4, 0.5) is 0 Å². The molecule has 0 spiro atoms. The molecule has 0 aliphatic carbocycles. The topological polar surface area (TPSA) is 48.5 Å². The molecule has 0 fully saturated rings. The number of benzene rings is 2. The quantitative estimate of drug-likeness (QED) is 0.646. The molecule has 0 aliphatic rings. The summed E-state index contributed by atoms with van der Waals surface area (Å²) >= 11 is 0. The molecule has 0 radical (unpaired) electrons. The molecule has 1 aromatic heterocycles. The first kappa shape index (κ1) is 19.5. The molecule has 27 heavy (non-hydrogen) atoms. The van der Waals surface area contributed by atoms with Gasteiger partial charge in [-0.15, -0.1) is 0 Å². The molecule has 3 rings (SSSR count). The number of rotatable bonds is 7. The molecule has 2 N–H and O–H groups in total. The van der Waals surface area contributed by atoms with Crippen LogP contribution in [0.1, 0.15) is 31.9 Å². The molecule has 1 unspecified atom stereocenters. The molecule has 4 heteroatoms. The van der Waals surface area contributed by atoms with Crippen molar-refractivity contribution in [2.45, 2.75) is 45.9 Å². The summed E-state index contributed by atoms with van der Waals surface area (Å²) in [5.41, 5.74) is 3.40. The molecule has 0 saturated heterocycles. The maximum absolute atomic E-state index is 10.6. The minimum absolute atomic E-state index is 0.0476.